The normalized spacial score (nSPS) is 21.2. The summed E-state index contributed by atoms with van der Waals surface area (Å²) in [6.45, 7) is 2.49. The van der Waals surface area contributed by atoms with E-state index in [1.54, 1.807) is 23.1 Å². The fraction of sp³-hybridized carbons (Fsp3) is 0.467. The zero-order chi connectivity index (χ0) is 15.6. The van der Waals surface area contributed by atoms with Crippen molar-refractivity contribution < 1.29 is 24.2 Å². The number of aliphatic carboxylic acids is 1. The van der Waals surface area contributed by atoms with Gasteiger partial charge in [-0.25, -0.2) is 0 Å². The Morgan fingerprint density at radius 1 is 1.24 bits per heavy atom. The van der Waals surface area contributed by atoms with Crippen molar-refractivity contribution in [1.82, 2.24) is 4.90 Å². The molecule has 2 unspecified atom stereocenters. The van der Waals surface area contributed by atoms with E-state index < -0.39 is 11.9 Å². The Labute approximate surface area is 123 Å². The molecule has 6 heteroatoms. The molecule has 0 saturated carbocycles. The number of likely N-dealkylation sites (tertiary alicyclic amines) is 1. The van der Waals surface area contributed by atoms with Gasteiger partial charge in [-0.15, -0.1) is 0 Å². The van der Waals surface area contributed by atoms with Gasteiger partial charge in [0.15, 0.2) is 0 Å². The number of methoxy groups -OCH3 is 2. The van der Waals surface area contributed by atoms with Crippen LogP contribution in [-0.2, 0) is 4.79 Å². The molecule has 0 aliphatic carbocycles. The Hall–Kier alpha value is -2.24. The Morgan fingerprint density at radius 3 is 2.48 bits per heavy atom. The van der Waals surface area contributed by atoms with Gasteiger partial charge in [-0.05, 0) is 24.1 Å². The van der Waals surface area contributed by atoms with Crippen LogP contribution < -0.4 is 9.47 Å². The van der Waals surface area contributed by atoms with Gasteiger partial charge in [-0.2, -0.15) is 0 Å². The Kier molecular flexibility index (Phi) is 4.35. The van der Waals surface area contributed by atoms with Gasteiger partial charge in [0.25, 0.3) is 5.91 Å². The van der Waals surface area contributed by atoms with Gasteiger partial charge in [-0.3, -0.25) is 9.59 Å². The van der Waals surface area contributed by atoms with Crippen LogP contribution in [-0.4, -0.2) is 49.2 Å². The second-order valence-corrected chi connectivity index (χ2v) is 5.20. The van der Waals surface area contributed by atoms with E-state index in [1.807, 2.05) is 6.92 Å². The third-order valence-electron chi connectivity index (χ3n) is 3.85. The summed E-state index contributed by atoms with van der Waals surface area (Å²) in [5.74, 6) is -0.682. The average molecular weight is 293 g/mol. The fourth-order valence-corrected chi connectivity index (χ4v) is 2.61. The molecule has 1 aliphatic heterocycles. The van der Waals surface area contributed by atoms with Crippen molar-refractivity contribution in [2.45, 2.75) is 6.92 Å². The van der Waals surface area contributed by atoms with Crippen molar-refractivity contribution in [1.29, 1.82) is 0 Å². The van der Waals surface area contributed by atoms with Crippen LogP contribution in [0.25, 0.3) is 0 Å². The summed E-state index contributed by atoms with van der Waals surface area (Å²) >= 11 is 0. The molecule has 0 spiro atoms. The lowest BCUT2D eigenvalue weighted by Crippen LogP contribution is -2.30. The molecule has 1 fully saturated rings. The highest BCUT2D eigenvalue weighted by Gasteiger charge is 2.37. The zero-order valence-corrected chi connectivity index (χ0v) is 12.3. The van der Waals surface area contributed by atoms with Crippen LogP contribution >= 0.6 is 0 Å². The first-order valence-electron chi connectivity index (χ1n) is 6.72. The van der Waals surface area contributed by atoms with Crippen molar-refractivity contribution in [2.24, 2.45) is 11.8 Å². The fourth-order valence-electron chi connectivity index (χ4n) is 2.61. The lowest BCUT2D eigenvalue weighted by Gasteiger charge is -2.18. The van der Waals surface area contributed by atoms with Gasteiger partial charge in [0, 0.05) is 13.1 Å². The topological polar surface area (TPSA) is 76.1 Å². The monoisotopic (exact) mass is 293 g/mol. The number of carboxylic acids is 1. The number of carbonyl (C=O) groups excluding carboxylic acids is 1. The van der Waals surface area contributed by atoms with E-state index in [0.29, 0.717) is 23.6 Å². The van der Waals surface area contributed by atoms with Crippen molar-refractivity contribution >= 4 is 11.9 Å². The first-order chi connectivity index (χ1) is 9.97. The molecule has 0 radical (unpaired) electrons. The minimum absolute atomic E-state index is 0.0666. The maximum absolute atomic E-state index is 12.6. The van der Waals surface area contributed by atoms with Crippen LogP contribution in [0.2, 0.25) is 0 Å². The molecule has 114 valence electrons. The molecule has 1 aromatic carbocycles. The molecule has 6 nitrogen and oxygen atoms in total. The largest absolute Gasteiger partial charge is 0.497 e. The molecule has 1 saturated heterocycles. The molecule has 1 heterocycles. The standard InChI is InChI=1S/C15H19NO5/c1-9-7-16(8-12(9)15(18)19)14(17)11-6-10(20-2)4-5-13(11)21-3/h4-6,9,12H,7-8H2,1-3H3,(H,18,19). The first-order valence-corrected chi connectivity index (χ1v) is 6.72. The average Bonchev–Trinajstić information content (AvgIpc) is 2.88. The van der Waals surface area contributed by atoms with Crippen molar-refractivity contribution in [3.8, 4) is 11.5 Å². The number of carbonyl (C=O) groups is 2. The maximum atomic E-state index is 12.6. The van der Waals surface area contributed by atoms with E-state index in [4.69, 9.17) is 14.6 Å². The van der Waals surface area contributed by atoms with Crippen LogP contribution in [0.3, 0.4) is 0 Å². The van der Waals surface area contributed by atoms with Crippen LogP contribution in [0.1, 0.15) is 17.3 Å². The smallest absolute Gasteiger partial charge is 0.308 e. The highest BCUT2D eigenvalue weighted by Crippen LogP contribution is 2.29. The molecule has 1 aliphatic rings. The van der Waals surface area contributed by atoms with Gasteiger partial charge in [-0.1, -0.05) is 6.92 Å². The molecular formula is C15H19NO5. The van der Waals surface area contributed by atoms with E-state index in [1.165, 1.54) is 14.2 Å². The molecule has 2 atom stereocenters. The van der Waals surface area contributed by atoms with Crippen LogP contribution in [0.5, 0.6) is 11.5 Å². The predicted molar refractivity (Wildman–Crippen MR) is 75.7 cm³/mol. The van der Waals surface area contributed by atoms with E-state index in [9.17, 15) is 9.59 Å². The molecule has 1 aromatic rings. The number of ether oxygens (including phenoxy) is 2. The third kappa shape index (κ3) is 2.94. The van der Waals surface area contributed by atoms with Gasteiger partial charge >= 0.3 is 5.97 Å². The van der Waals surface area contributed by atoms with Crippen LogP contribution in [0.15, 0.2) is 18.2 Å². The number of carboxylic acid groups (broad SMARTS) is 1. The highest BCUT2D eigenvalue weighted by molar-refractivity contribution is 5.98. The summed E-state index contributed by atoms with van der Waals surface area (Å²) in [4.78, 5) is 25.3. The quantitative estimate of drug-likeness (QED) is 0.910. The molecule has 0 aromatic heterocycles. The summed E-state index contributed by atoms with van der Waals surface area (Å²) in [6.07, 6.45) is 0. The third-order valence-corrected chi connectivity index (χ3v) is 3.85. The van der Waals surface area contributed by atoms with Gasteiger partial charge in [0.1, 0.15) is 11.5 Å². The lowest BCUT2D eigenvalue weighted by atomic mass is 9.99. The Balaban J connectivity index is 2.26. The van der Waals surface area contributed by atoms with E-state index in [-0.39, 0.29) is 18.4 Å². The number of hydrogen-bond acceptors (Lipinski definition) is 4. The maximum Gasteiger partial charge on any atom is 0.308 e. The number of hydrogen-bond donors (Lipinski definition) is 1. The summed E-state index contributed by atoms with van der Waals surface area (Å²) < 4.78 is 10.3. The van der Waals surface area contributed by atoms with Gasteiger partial charge in [0.2, 0.25) is 0 Å². The summed E-state index contributed by atoms with van der Waals surface area (Å²) in [5, 5.41) is 9.15. The molecule has 0 bridgehead atoms. The molecular weight excluding hydrogens is 274 g/mol. The molecule has 21 heavy (non-hydrogen) atoms. The number of rotatable bonds is 4. The minimum Gasteiger partial charge on any atom is -0.497 e. The first kappa shape index (κ1) is 15.2. The van der Waals surface area contributed by atoms with Crippen molar-refractivity contribution in [3.63, 3.8) is 0 Å². The summed E-state index contributed by atoms with van der Waals surface area (Å²) in [7, 11) is 3.01. The second kappa shape index (κ2) is 6.03. The highest BCUT2D eigenvalue weighted by atomic mass is 16.5. The number of nitrogens with zero attached hydrogens (tertiary/aromatic N) is 1. The lowest BCUT2D eigenvalue weighted by molar-refractivity contribution is -0.142. The van der Waals surface area contributed by atoms with Gasteiger partial charge < -0.3 is 19.5 Å². The molecule has 2 rings (SSSR count). The van der Waals surface area contributed by atoms with Crippen LogP contribution in [0, 0.1) is 11.8 Å². The number of amides is 1. The zero-order valence-electron chi connectivity index (χ0n) is 12.3. The predicted octanol–water partition coefficient (Wildman–Crippen LogP) is 1.50. The van der Waals surface area contributed by atoms with E-state index >= 15 is 0 Å². The second-order valence-electron chi connectivity index (χ2n) is 5.20. The molecule has 1 amide bonds. The Morgan fingerprint density at radius 2 is 1.95 bits per heavy atom. The number of benzene rings is 1. The minimum atomic E-state index is -0.865. The van der Waals surface area contributed by atoms with E-state index in [2.05, 4.69) is 0 Å². The SMILES string of the molecule is COc1ccc(OC)c(C(=O)N2CC(C)C(C(=O)O)C2)c1. The van der Waals surface area contributed by atoms with Crippen molar-refractivity contribution in [2.75, 3.05) is 27.3 Å². The van der Waals surface area contributed by atoms with E-state index in [0.717, 1.165) is 0 Å². The molecule has 1 N–H and O–H groups in total. The van der Waals surface area contributed by atoms with Gasteiger partial charge in [0.05, 0.1) is 25.7 Å². The van der Waals surface area contributed by atoms with Crippen molar-refractivity contribution in [3.05, 3.63) is 23.8 Å². The Bertz CT molecular complexity index is 557. The van der Waals surface area contributed by atoms with Crippen LogP contribution in [0.4, 0.5) is 0 Å². The summed E-state index contributed by atoms with van der Waals surface area (Å²) in [6, 6.07) is 4.99. The summed E-state index contributed by atoms with van der Waals surface area (Å²) in [5.41, 5.74) is 0.384.